The fraction of sp³-hybridized carbons (Fsp3) is 0.643. The molecule has 202 valence electrons. The summed E-state index contributed by atoms with van der Waals surface area (Å²) in [6.07, 6.45) is 5.34. The molecule has 2 aromatic rings. The average molecular weight is 535 g/mol. The Morgan fingerprint density at radius 3 is 2.30 bits per heavy atom. The summed E-state index contributed by atoms with van der Waals surface area (Å²) < 4.78 is 39.4. The van der Waals surface area contributed by atoms with Crippen molar-refractivity contribution in [2.24, 2.45) is 5.92 Å². The van der Waals surface area contributed by atoms with Crippen LogP contribution in [0.1, 0.15) is 68.2 Å². The van der Waals surface area contributed by atoms with Crippen LogP contribution in [0.5, 0.6) is 0 Å². The number of thiophene rings is 1. The highest BCUT2D eigenvalue weighted by atomic mass is 32.1. The molecule has 1 saturated carbocycles. The van der Waals surface area contributed by atoms with Gasteiger partial charge in [0.15, 0.2) is 0 Å². The minimum atomic E-state index is -4.44. The van der Waals surface area contributed by atoms with Crippen molar-refractivity contribution in [1.29, 1.82) is 0 Å². The molecule has 4 heterocycles. The quantitative estimate of drug-likeness (QED) is 0.442. The van der Waals surface area contributed by atoms with E-state index < -0.39 is 11.7 Å². The van der Waals surface area contributed by atoms with Crippen molar-refractivity contribution in [1.82, 2.24) is 14.8 Å². The van der Waals surface area contributed by atoms with Gasteiger partial charge in [0, 0.05) is 61.8 Å². The van der Waals surface area contributed by atoms with Crippen molar-refractivity contribution in [3.8, 4) is 0 Å². The maximum absolute atomic E-state index is 13.7. The van der Waals surface area contributed by atoms with Crippen molar-refractivity contribution in [3.63, 3.8) is 0 Å². The highest BCUT2D eigenvalue weighted by Crippen LogP contribution is 2.34. The highest BCUT2D eigenvalue weighted by molar-refractivity contribution is 7.09. The summed E-state index contributed by atoms with van der Waals surface area (Å²) in [6.45, 7) is 5.06. The van der Waals surface area contributed by atoms with Crippen molar-refractivity contribution >= 4 is 23.1 Å². The van der Waals surface area contributed by atoms with E-state index in [2.05, 4.69) is 32.3 Å². The number of pyridine rings is 1. The van der Waals surface area contributed by atoms with Crippen LogP contribution in [0.15, 0.2) is 35.8 Å². The van der Waals surface area contributed by atoms with Crippen molar-refractivity contribution in [3.05, 3.63) is 46.3 Å². The molecule has 9 heteroatoms. The summed E-state index contributed by atoms with van der Waals surface area (Å²) in [6, 6.07) is 7.30. The van der Waals surface area contributed by atoms with E-state index in [9.17, 15) is 18.0 Å². The van der Waals surface area contributed by atoms with Crippen LogP contribution in [0.25, 0.3) is 0 Å². The van der Waals surface area contributed by atoms with Crippen molar-refractivity contribution < 1.29 is 18.0 Å². The monoisotopic (exact) mass is 534 g/mol. The lowest BCUT2D eigenvalue weighted by atomic mass is 9.87. The first kappa shape index (κ1) is 26.6. The molecule has 2 aliphatic heterocycles. The molecule has 0 radical (unpaired) electrons. The summed E-state index contributed by atoms with van der Waals surface area (Å²) in [5.41, 5.74) is -0.776. The fourth-order valence-corrected chi connectivity index (χ4v) is 7.04. The van der Waals surface area contributed by atoms with Gasteiger partial charge in [0.1, 0.15) is 5.82 Å². The standard InChI is InChI=1S/C28H37F3N4OS/c29-28(30,31)22-8-9-26(32-19-22)35(27(36)21-5-2-1-3-6-21)24-12-16-34(17-13-24)23-10-14-33(15-11-23)20-25-7-4-18-37-25/h4,7-9,18-19,21,23-24H,1-3,5-6,10-17,20H2. The Morgan fingerprint density at radius 1 is 0.973 bits per heavy atom. The highest BCUT2D eigenvalue weighted by Gasteiger charge is 2.37. The van der Waals surface area contributed by atoms with E-state index in [0.717, 1.165) is 103 Å². The van der Waals surface area contributed by atoms with E-state index in [1.54, 1.807) is 4.90 Å². The van der Waals surface area contributed by atoms with Crippen molar-refractivity contribution in [2.75, 3.05) is 31.1 Å². The van der Waals surface area contributed by atoms with E-state index in [1.165, 1.54) is 10.9 Å². The number of carbonyl (C=O) groups is 1. The van der Waals surface area contributed by atoms with Gasteiger partial charge in [0.05, 0.1) is 5.56 Å². The van der Waals surface area contributed by atoms with E-state index >= 15 is 0 Å². The predicted molar refractivity (Wildman–Crippen MR) is 141 cm³/mol. The van der Waals surface area contributed by atoms with Crippen molar-refractivity contribution in [2.45, 2.75) is 82.6 Å². The Labute approximate surface area is 221 Å². The van der Waals surface area contributed by atoms with Crippen LogP contribution >= 0.6 is 11.3 Å². The fourth-order valence-electron chi connectivity index (χ4n) is 6.30. The van der Waals surface area contributed by atoms with E-state index in [4.69, 9.17) is 0 Å². The molecule has 0 aromatic carbocycles. The van der Waals surface area contributed by atoms with Gasteiger partial charge in [-0.2, -0.15) is 13.2 Å². The second-order valence-corrected chi connectivity index (χ2v) is 11.8. The molecular formula is C28H37F3N4OS. The summed E-state index contributed by atoms with van der Waals surface area (Å²) >= 11 is 1.82. The number of alkyl halides is 3. The predicted octanol–water partition coefficient (Wildman–Crippen LogP) is 6.20. The smallest absolute Gasteiger partial charge is 0.300 e. The summed E-state index contributed by atoms with van der Waals surface area (Å²) in [5.74, 6) is 0.361. The Hall–Kier alpha value is -1.97. The maximum Gasteiger partial charge on any atom is 0.417 e. The number of likely N-dealkylation sites (tertiary alicyclic amines) is 2. The first-order valence-electron chi connectivity index (χ1n) is 13.7. The lowest BCUT2D eigenvalue weighted by Crippen LogP contribution is -2.53. The largest absolute Gasteiger partial charge is 0.417 e. The Morgan fingerprint density at radius 2 is 1.70 bits per heavy atom. The van der Waals surface area contributed by atoms with Crippen LogP contribution in [0.4, 0.5) is 19.0 Å². The van der Waals surface area contributed by atoms with Gasteiger partial charge in [-0.3, -0.25) is 14.6 Å². The van der Waals surface area contributed by atoms with Gasteiger partial charge in [-0.05, 0) is 62.1 Å². The van der Waals surface area contributed by atoms with Crippen LogP contribution in [-0.2, 0) is 17.5 Å². The maximum atomic E-state index is 13.7. The van der Waals surface area contributed by atoms with Gasteiger partial charge in [-0.15, -0.1) is 11.3 Å². The molecular weight excluding hydrogens is 497 g/mol. The van der Waals surface area contributed by atoms with Crippen LogP contribution in [-0.4, -0.2) is 59.0 Å². The zero-order valence-electron chi connectivity index (χ0n) is 21.3. The van der Waals surface area contributed by atoms with Gasteiger partial charge in [0.2, 0.25) is 5.91 Å². The van der Waals surface area contributed by atoms with Gasteiger partial charge in [-0.25, -0.2) is 4.98 Å². The third-order valence-electron chi connectivity index (χ3n) is 8.41. The first-order valence-corrected chi connectivity index (χ1v) is 14.6. The molecule has 37 heavy (non-hydrogen) atoms. The molecule has 0 spiro atoms. The van der Waals surface area contributed by atoms with Crippen LogP contribution in [0.2, 0.25) is 0 Å². The van der Waals surface area contributed by atoms with E-state index in [1.807, 2.05) is 11.3 Å². The molecule has 0 atom stereocenters. The Kier molecular flexibility index (Phi) is 8.51. The molecule has 5 nitrogen and oxygen atoms in total. The molecule has 0 unspecified atom stereocenters. The Balaban J connectivity index is 1.22. The molecule has 0 bridgehead atoms. The van der Waals surface area contributed by atoms with Crippen LogP contribution in [0.3, 0.4) is 0 Å². The number of piperidine rings is 2. The SMILES string of the molecule is O=C(C1CCCCC1)N(c1ccc(C(F)(F)F)cn1)C1CCN(C2CCN(Cc3cccs3)CC2)CC1. The number of rotatable bonds is 6. The third kappa shape index (κ3) is 6.55. The molecule has 5 rings (SSSR count). The minimum Gasteiger partial charge on any atom is -0.300 e. The van der Waals surface area contributed by atoms with Crippen LogP contribution in [0, 0.1) is 5.92 Å². The molecule has 0 N–H and O–H groups in total. The molecule has 3 fully saturated rings. The van der Waals surface area contributed by atoms with E-state index in [0.29, 0.717) is 11.9 Å². The molecule has 2 saturated heterocycles. The number of halogens is 3. The van der Waals surface area contributed by atoms with Crippen LogP contribution < -0.4 is 4.90 Å². The lowest BCUT2D eigenvalue weighted by molar-refractivity contribution is -0.137. The summed E-state index contributed by atoms with van der Waals surface area (Å²) in [5, 5.41) is 2.13. The molecule has 2 aromatic heterocycles. The number of amides is 1. The molecule has 1 amide bonds. The summed E-state index contributed by atoms with van der Waals surface area (Å²) in [7, 11) is 0. The minimum absolute atomic E-state index is 0.0196. The van der Waals surface area contributed by atoms with Gasteiger partial charge >= 0.3 is 6.18 Å². The number of anilines is 1. The number of aromatic nitrogens is 1. The normalized spacial score (nSPS) is 21.8. The number of carbonyl (C=O) groups excluding carboxylic acids is 1. The second kappa shape index (κ2) is 11.8. The lowest BCUT2D eigenvalue weighted by Gasteiger charge is -2.44. The molecule has 3 aliphatic rings. The number of hydrogen-bond acceptors (Lipinski definition) is 5. The zero-order chi connectivity index (χ0) is 25.8. The topological polar surface area (TPSA) is 39.7 Å². The van der Waals surface area contributed by atoms with Gasteiger partial charge < -0.3 is 4.90 Å². The van der Waals surface area contributed by atoms with Gasteiger partial charge in [0.25, 0.3) is 0 Å². The summed E-state index contributed by atoms with van der Waals surface area (Å²) in [4.78, 5) is 26.1. The molecule has 1 aliphatic carbocycles. The first-order chi connectivity index (χ1) is 17.9. The average Bonchev–Trinajstić information content (AvgIpc) is 3.43. The second-order valence-electron chi connectivity index (χ2n) is 10.8. The Bertz CT molecular complexity index is 991. The third-order valence-corrected chi connectivity index (χ3v) is 9.27. The van der Waals surface area contributed by atoms with E-state index in [-0.39, 0.29) is 17.9 Å². The number of nitrogens with zero attached hydrogens (tertiary/aromatic N) is 4. The van der Waals surface area contributed by atoms with Gasteiger partial charge in [-0.1, -0.05) is 25.3 Å². The zero-order valence-corrected chi connectivity index (χ0v) is 22.2. The number of hydrogen-bond donors (Lipinski definition) is 0.